The normalized spacial score (nSPS) is 10.3. The maximum absolute atomic E-state index is 13.4. The number of ketones is 1. The Balaban J connectivity index is 2.03. The number of benzene rings is 2. The number of rotatable bonds is 4. The zero-order chi connectivity index (χ0) is 13.0. The molecule has 0 aliphatic carbocycles. The minimum atomic E-state index is -0.304. The summed E-state index contributed by atoms with van der Waals surface area (Å²) in [6, 6.07) is 13.2. The standard InChI is InChI=1S/C14H10ClFOS/c15-11-5-3-4-10(8-11)13(17)9-18-14-7-2-1-6-12(14)16/h1-8H,9H2. The van der Waals surface area contributed by atoms with Gasteiger partial charge in [0, 0.05) is 15.5 Å². The maximum Gasteiger partial charge on any atom is 0.173 e. The molecule has 0 amide bonds. The third-order valence-corrected chi connectivity index (χ3v) is 3.63. The third kappa shape index (κ3) is 3.34. The van der Waals surface area contributed by atoms with E-state index in [2.05, 4.69) is 0 Å². The van der Waals surface area contributed by atoms with Gasteiger partial charge in [0.15, 0.2) is 5.78 Å². The van der Waals surface area contributed by atoms with Gasteiger partial charge in [-0.25, -0.2) is 4.39 Å². The minimum absolute atomic E-state index is 0.0641. The first-order valence-electron chi connectivity index (χ1n) is 5.33. The van der Waals surface area contributed by atoms with Crippen LogP contribution in [-0.2, 0) is 0 Å². The highest BCUT2D eigenvalue weighted by Gasteiger charge is 2.08. The molecule has 0 aliphatic rings. The van der Waals surface area contributed by atoms with E-state index in [1.807, 2.05) is 0 Å². The highest BCUT2D eigenvalue weighted by atomic mass is 35.5. The van der Waals surface area contributed by atoms with Gasteiger partial charge in [0.2, 0.25) is 0 Å². The highest BCUT2D eigenvalue weighted by molar-refractivity contribution is 8.00. The lowest BCUT2D eigenvalue weighted by molar-refractivity contribution is 0.102. The molecular formula is C14H10ClFOS. The number of carbonyl (C=O) groups is 1. The van der Waals surface area contributed by atoms with Gasteiger partial charge in [0.05, 0.1) is 5.75 Å². The second-order valence-corrected chi connectivity index (χ2v) is 5.11. The molecule has 0 unspecified atom stereocenters. The SMILES string of the molecule is O=C(CSc1ccccc1F)c1cccc(Cl)c1. The van der Waals surface area contributed by atoms with E-state index in [0.29, 0.717) is 15.5 Å². The fourth-order valence-electron chi connectivity index (χ4n) is 1.45. The number of halogens is 2. The van der Waals surface area contributed by atoms with Crippen LogP contribution in [0.3, 0.4) is 0 Å². The number of carbonyl (C=O) groups excluding carboxylic acids is 1. The first-order chi connectivity index (χ1) is 8.66. The van der Waals surface area contributed by atoms with Crippen LogP contribution >= 0.6 is 23.4 Å². The molecule has 0 radical (unpaired) electrons. The lowest BCUT2D eigenvalue weighted by Crippen LogP contribution is -2.02. The first kappa shape index (κ1) is 13.1. The van der Waals surface area contributed by atoms with Crippen molar-refractivity contribution < 1.29 is 9.18 Å². The summed E-state index contributed by atoms with van der Waals surface area (Å²) >= 11 is 7.00. The summed E-state index contributed by atoms with van der Waals surface area (Å²) in [6.07, 6.45) is 0. The molecule has 92 valence electrons. The van der Waals surface area contributed by atoms with Crippen molar-refractivity contribution in [1.82, 2.24) is 0 Å². The molecule has 0 aromatic heterocycles. The van der Waals surface area contributed by atoms with Crippen LogP contribution in [0.4, 0.5) is 4.39 Å². The van der Waals surface area contributed by atoms with Gasteiger partial charge in [-0.05, 0) is 24.3 Å². The molecule has 0 saturated heterocycles. The van der Waals surface area contributed by atoms with E-state index >= 15 is 0 Å². The van der Waals surface area contributed by atoms with Gasteiger partial charge in [-0.1, -0.05) is 35.9 Å². The molecule has 0 bridgehead atoms. The van der Waals surface area contributed by atoms with E-state index in [1.165, 1.54) is 17.8 Å². The summed E-state index contributed by atoms with van der Waals surface area (Å²) < 4.78 is 13.4. The average molecular weight is 281 g/mol. The lowest BCUT2D eigenvalue weighted by Gasteiger charge is -2.03. The Labute approximate surface area is 114 Å². The number of Topliss-reactive ketones (excluding diaryl/α,β-unsaturated/α-hetero) is 1. The lowest BCUT2D eigenvalue weighted by atomic mass is 10.1. The second-order valence-electron chi connectivity index (χ2n) is 3.65. The zero-order valence-electron chi connectivity index (χ0n) is 9.40. The van der Waals surface area contributed by atoms with Crippen LogP contribution in [-0.4, -0.2) is 11.5 Å². The largest absolute Gasteiger partial charge is 0.293 e. The van der Waals surface area contributed by atoms with E-state index in [0.717, 1.165) is 0 Å². The highest BCUT2D eigenvalue weighted by Crippen LogP contribution is 2.22. The van der Waals surface area contributed by atoms with E-state index in [-0.39, 0.29) is 17.4 Å². The molecule has 0 aliphatic heterocycles. The Kier molecular flexibility index (Phi) is 4.39. The van der Waals surface area contributed by atoms with Crippen molar-refractivity contribution in [2.24, 2.45) is 0 Å². The van der Waals surface area contributed by atoms with Crippen molar-refractivity contribution in [2.45, 2.75) is 4.90 Å². The molecule has 0 saturated carbocycles. The van der Waals surface area contributed by atoms with Gasteiger partial charge in [-0.2, -0.15) is 0 Å². The Morgan fingerprint density at radius 2 is 1.94 bits per heavy atom. The molecule has 2 rings (SSSR count). The fourth-order valence-corrected chi connectivity index (χ4v) is 2.47. The summed E-state index contributed by atoms with van der Waals surface area (Å²) in [5.74, 6) is -0.173. The Hall–Kier alpha value is -1.32. The van der Waals surface area contributed by atoms with Crippen molar-refractivity contribution >= 4 is 29.1 Å². The molecule has 1 nitrogen and oxygen atoms in total. The summed E-state index contributed by atoms with van der Waals surface area (Å²) in [4.78, 5) is 12.4. The Morgan fingerprint density at radius 3 is 2.67 bits per heavy atom. The van der Waals surface area contributed by atoms with Crippen LogP contribution in [0, 0.1) is 5.82 Å². The van der Waals surface area contributed by atoms with Gasteiger partial charge < -0.3 is 0 Å². The first-order valence-corrected chi connectivity index (χ1v) is 6.69. The second kappa shape index (κ2) is 6.03. The topological polar surface area (TPSA) is 17.1 Å². The Morgan fingerprint density at radius 1 is 1.17 bits per heavy atom. The quantitative estimate of drug-likeness (QED) is 0.608. The summed E-state index contributed by atoms with van der Waals surface area (Å²) in [5, 5.41) is 0.525. The van der Waals surface area contributed by atoms with Gasteiger partial charge in [-0.15, -0.1) is 11.8 Å². The number of hydrogen-bond donors (Lipinski definition) is 0. The summed E-state index contributed by atoms with van der Waals surface area (Å²) in [5.41, 5.74) is 0.548. The van der Waals surface area contributed by atoms with Crippen LogP contribution in [0.2, 0.25) is 5.02 Å². The molecule has 2 aromatic rings. The Bertz CT molecular complexity index is 571. The minimum Gasteiger partial charge on any atom is -0.293 e. The van der Waals surface area contributed by atoms with Crippen LogP contribution < -0.4 is 0 Å². The number of hydrogen-bond acceptors (Lipinski definition) is 2. The maximum atomic E-state index is 13.4. The van der Waals surface area contributed by atoms with Crippen molar-refractivity contribution in [2.75, 3.05) is 5.75 Å². The van der Waals surface area contributed by atoms with Crippen LogP contribution in [0.5, 0.6) is 0 Å². The molecule has 2 aromatic carbocycles. The van der Waals surface area contributed by atoms with Crippen LogP contribution in [0.15, 0.2) is 53.4 Å². The predicted molar refractivity (Wildman–Crippen MR) is 72.9 cm³/mol. The van der Waals surface area contributed by atoms with Gasteiger partial charge >= 0.3 is 0 Å². The van der Waals surface area contributed by atoms with E-state index in [1.54, 1.807) is 42.5 Å². The molecule has 4 heteroatoms. The molecule has 18 heavy (non-hydrogen) atoms. The third-order valence-electron chi connectivity index (χ3n) is 2.34. The zero-order valence-corrected chi connectivity index (χ0v) is 11.0. The van der Waals surface area contributed by atoms with Gasteiger partial charge in [0.1, 0.15) is 5.82 Å². The molecular weight excluding hydrogens is 271 g/mol. The van der Waals surface area contributed by atoms with E-state index in [4.69, 9.17) is 11.6 Å². The molecule has 0 spiro atoms. The van der Waals surface area contributed by atoms with Crippen molar-refractivity contribution in [3.05, 3.63) is 64.9 Å². The average Bonchev–Trinajstić information content (AvgIpc) is 2.37. The summed E-state index contributed by atoms with van der Waals surface area (Å²) in [6.45, 7) is 0. The van der Waals surface area contributed by atoms with Gasteiger partial charge in [0.25, 0.3) is 0 Å². The number of thioether (sulfide) groups is 1. The smallest absolute Gasteiger partial charge is 0.173 e. The molecule has 0 fully saturated rings. The summed E-state index contributed by atoms with van der Waals surface area (Å²) in [7, 11) is 0. The molecule has 0 atom stereocenters. The van der Waals surface area contributed by atoms with Crippen LogP contribution in [0.1, 0.15) is 10.4 Å². The van der Waals surface area contributed by atoms with Gasteiger partial charge in [-0.3, -0.25) is 4.79 Å². The van der Waals surface area contributed by atoms with E-state index < -0.39 is 0 Å². The predicted octanol–water partition coefficient (Wildman–Crippen LogP) is 4.45. The van der Waals surface area contributed by atoms with Crippen molar-refractivity contribution in [3.8, 4) is 0 Å². The van der Waals surface area contributed by atoms with Crippen molar-refractivity contribution in [3.63, 3.8) is 0 Å². The fraction of sp³-hybridized carbons (Fsp3) is 0.0714. The molecule has 0 N–H and O–H groups in total. The van der Waals surface area contributed by atoms with Crippen molar-refractivity contribution in [1.29, 1.82) is 0 Å². The van der Waals surface area contributed by atoms with Crippen LogP contribution in [0.25, 0.3) is 0 Å². The monoisotopic (exact) mass is 280 g/mol. The van der Waals surface area contributed by atoms with E-state index in [9.17, 15) is 9.18 Å². The molecule has 0 heterocycles.